The molecule has 5 heteroatoms. The quantitative estimate of drug-likeness (QED) is 0.194. The Bertz CT molecular complexity index is 2910. The minimum absolute atomic E-state index is 0.667. The molecule has 0 aliphatic carbocycles. The molecule has 0 aliphatic heterocycles. The van der Waals surface area contributed by atoms with Crippen molar-refractivity contribution in [3.63, 3.8) is 0 Å². The fourth-order valence-corrected chi connectivity index (χ4v) is 8.04. The van der Waals surface area contributed by atoms with Crippen molar-refractivity contribution >= 4 is 77.3 Å². The summed E-state index contributed by atoms with van der Waals surface area (Å²) in [4.78, 5) is 2.24. The van der Waals surface area contributed by atoms with E-state index < -0.39 is 0 Å². The van der Waals surface area contributed by atoms with Gasteiger partial charge in [0.2, 0.25) is 0 Å². The first-order valence-electron chi connectivity index (χ1n) is 15.9. The fourth-order valence-electron chi connectivity index (χ4n) is 7.23. The van der Waals surface area contributed by atoms with Crippen LogP contribution in [-0.4, -0.2) is 9.13 Å². The van der Waals surface area contributed by atoms with Crippen LogP contribution in [0.4, 0.5) is 0 Å². The van der Waals surface area contributed by atoms with Gasteiger partial charge in [-0.3, -0.25) is 0 Å². The Morgan fingerprint density at radius 2 is 1.00 bits per heavy atom. The van der Waals surface area contributed by atoms with Crippen LogP contribution in [0.5, 0.6) is 0 Å². The van der Waals surface area contributed by atoms with E-state index in [1.165, 1.54) is 32.6 Å². The van der Waals surface area contributed by atoms with E-state index in [0.29, 0.717) is 5.56 Å². The van der Waals surface area contributed by atoms with Gasteiger partial charge >= 0.3 is 0 Å². The lowest BCUT2D eigenvalue weighted by molar-refractivity contribution is 0.669. The molecule has 224 valence electrons. The second-order valence-corrected chi connectivity index (χ2v) is 13.3. The molecule has 10 rings (SSSR count). The van der Waals surface area contributed by atoms with Crippen LogP contribution in [0.3, 0.4) is 0 Å². The van der Waals surface area contributed by atoms with Crippen molar-refractivity contribution in [2.75, 3.05) is 0 Å². The van der Waals surface area contributed by atoms with Crippen LogP contribution in [0, 0.1) is 11.3 Å². The van der Waals surface area contributed by atoms with Crippen LogP contribution in [-0.2, 0) is 0 Å². The van der Waals surface area contributed by atoms with E-state index in [2.05, 4.69) is 130 Å². The summed E-state index contributed by atoms with van der Waals surface area (Å²) in [6.07, 6.45) is 0. The largest absolute Gasteiger partial charge is 0.456 e. The lowest BCUT2D eigenvalue weighted by Gasteiger charge is -2.10. The van der Waals surface area contributed by atoms with Crippen molar-refractivity contribution < 1.29 is 4.42 Å². The smallest absolute Gasteiger partial charge is 0.137 e. The van der Waals surface area contributed by atoms with Crippen LogP contribution >= 0.6 is 11.8 Å². The molecule has 0 fully saturated rings. The molecular formula is C43H25N3OS. The molecule has 0 saturated heterocycles. The van der Waals surface area contributed by atoms with Crippen LogP contribution in [0.2, 0.25) is 0 Å². The third-order valence-electron chi connectivity index (χ3n) is 9.39. The van der Waals surface area contributed by atoms with Gasteiger partial charge in [-0.2, -0.15) is 5.26 Å². The van der Waals surface area contributed by atoms with E-state index >= 15 is 0 Å². The van der Waals surface area contributed by atoms with Gasteiger partial charge in [-0.05, 0) is 91.0 Å². The predicted molar refractivity (Wildman–Crippen MR) is 198 cm³/mol. The molecule has 10 aromatic rings. The average molecular weight is 632 g/mol. The third kappa shape index (κ3) is 4.03. The summed E-state index contributed by atoms with van der Waals surface area (Å²) >= 11 is 1.69. The minimum Gasteiger partial charge on any atom is -0.456 e. The summed E-state index contributed by atoms with van der Waals surface area (Å²) in [5.74, 6) is 0. The lowest BCUT2D eigenvalue weighted by Crippen LogP contribution is -1.94. The summed E-state index contributed by atoms with van der Waals surface area (Å²) in [5.41, 5.74) is 9.29. The molecule has 0 N–H and O–H groups in total. The molecule has 0 spiro atoms. The number of fused-ring (bicyclic) bond motifs is 9. The highest BCUT2D eigenvalue weighted by atomic mass is 32.2. The molecule has 0 bridgehead atoms. The summed E-state index contributed by atoms with van der Waals surface area (Å²) in [7, 11) is 0. The molecule has 4 nitrogen and oxygen atoms in total. The average Bonchev–Trinajstić information content (AvgIpc) is 3.77. The fraction of sp³-hybridized carbons (Fsp3) is 0. The second-order valence-electron chi connectivity index (χ2n) is 12.1. The number of benzene rings is 7. The van der Waals surface area contributed by atoms with E-state index in [1.807, 2.05) is 36.4 Å². The normalized spacial score (nSPS) is 11.8. The predicted octanol–water partition coefficient (Wildman–Crippen LogP) is 11.8. The van der Waals surface area contributed by atoms with Crippen molar-refractivity contribution in [2.45, 2.75) is 9.79 Å². The number of nitriles is 1. The molecule has 0 amide bonds. The molecule has 3 heterocycles. The van der Waals surface area contributed by atoms with Gasteiger partial charge < -0.3 is 13.6 Å². The van der Waals surface area contributed by atoms with Gasteiger partial charge in [-0.25, -0.2) is 0 Å². The van der Waals surface area contributed by atoms with Crippen molar-refractivity contribution in [3.8, 4) is 17.4 Å². The molecular weight excluding hydrogens is 607 g/mol. The summed E-state index contributed by atoms with van der Waals surface area (Å²) in [6, 6.07) is 55.5. The Labute approximate surface area is 279 Å². The molecule has 7 aromatic carbocycles. The van der Waals surface area contributed by atoms with Crippen LogP contribution in [0.15, 0.2) is 166 Å². The highest BCUT2D eigenvalue weighted by Crippen LogP contribution is 2.42. The van der Waals surface area contributed by atoms with Gasteiger partial charge in [-0.1, -0.05) is 66.4 Å². The Hall–Kier alpha value is -6.22. The number of para-hydroxylation sites is 3. The molecule has 3 aromatic heterocycles. The Balaban J connectivity index is 1.25. The molecule has 0 unspecified atom stereocenters. The maximum absolute atomic E-state index is 9.18. The number of rotatable bonds is 4. The minimum atomic E-state index is 0.667. The van der Waals surface area contributed by atoms with E-state index in [9.17, 15) is 5.26 Å². The summed E-state index contributed by atoms with van der Waals surface area (Å²) in [5, 5.41) is 16.3. The van der Waals surface area contributed by atoms with Gasteiger partial charge in [-0.15, -0.1) is 0 Å². The molecule has 48 heavy (non-hydrogen) atoms. The van der Waals surface area contributed by atoms with Crippen molar-refractivity contribution in [2.24, 2.45) is 0 Å². The van der Waals surface area contributed by atoms with Crippen molar-refractivity contribution in [1.29, 1.82) is 5.26 Å². The number of furan rings is 1. The zero-order valence-electron chi connectivity index (χ0n) is 25.6. The van der Waals surface area contributed by atoms with Crippen molar-refractivity contribution in [1.82, 2.24) is 9.13 Å². The molecule has 0 atom stereocenters. The topological polar surface area (TPSA) is 46.8 Å². The van der Waals surface area contributed by atoms with Gasteiger partial charge in [0.1, 0.15) is 11.2 Å². The van der Waals surface area contributed by atoms with Gasteiger partial charge in [0.05, 0.1) is 33.7 Å². The zero-order chi connectivity index (χ0) is 31.8. The number of aromatic nitrogens is 2. The first-order valence-corrected chi connectivity index (χ1v) is 16.7. The maximum Gasteiger partial charge on any atom is 0.137 e. The van der Waals surface area contributed by atoms with Crippen molar-refractivity contribution in [3.05, 3.63) is 157 Å². The number of hydrogen-bond donors (Lipinski definition) is 0. The molecule has 0 radical (unpaired) electrons. The monoisotopic (exact) mass is 631 g/mol. The van der Waals surface area contributed by atoms with E-state index in [4.69, 9.17) is 4.42 Å². The third-order valence-corrected chi connectivity index (χ3v) is 10.4. The summed E-state index contributed by atoms with van der Waals surface area (Å²) in [6.45, 7) is 0. The van der Waals surface area contributed by atoms with E-state index in [1.54, 1.807) is 11.8 Å². The first kappa shape index (κ1) is 26.9. The van der Waals surface area contributed by atoms with Gasteiger partial charge in [0.15, 0.2) is 0 Å². The molecule has 0 aliphatic rings. The van der Waals surface area contributed by atoms with Crippen LogP contribution < -0.4 is 0 Å². The zero-order valence-corrected chi connectivity index (χ0v) is 26.4. The highest BCUT2D eigenvalue weighted by molar-refractivity contribution is 7.99. The number of hydrogen-bond acceptors (Lipinski definition) is 3. The van der Waals surface area contributed by atoms with Crippen LogP contribution in [0.1, 0.15) is 5.56 Å². The summed E-state index contributed by atoms with van der Waals surface area (Å²) < 4.78 is 11.2. The molecule has 0 saturated carbocycles. The van der Waals surface area contributed by atoms with E-state index in [0.717, 1.165) is 54.1 Å². The highest BCUT2D eigenvalue weighted by Gasteiger charge is 2.20. The SMILES string of the molecule is N#Cc1ccc(Sc2ccc(-n3c4cc5oc6ccccc6c5cc4c4cc5c(cc43)c3ccccc3n5-c3ccccc3)cc2)cc1. The lowest BCUT2D eigenvalue weighted by atomic mass is 10.1. The Morgan fingerprint density at radius 3 is 1.75 bits per heavy atom. The van der Waals surface area contributed by atoms with Crippen LogP contribution in [0.25, 0.3) is 76.9 Å². The standard InChI is InChI=1S/C43H25N3OS/c44-26-27-14-18-30(19-15-27)48-31-20-16-29(17-21-31)46-40-23-35-32-10-4-6-12-38(32)45(28-8-2-1-3-9-28)39(35)24-36(40)34-22-37-33-11-5-7-13-42(33)47-43(37)25-41(34)46/h1-25H. The first-order chi connectivity index (χ1) is 23.7. The second kappa shape index (κ2) is 10.4. The Kier molecular flexibility index (Phi) is 5.84. The van der Waals surface area contributed by atoms with E-state index in [-0.39, 0.29) is 0 Å². The van der Waals surface area contributed by atoms with Gasteiger partial charge in [0.25, 0.3) is 0 Å². The Morgan fingerprint density at radius 1 is 0.438 bits per heavy atom. The number of nitrogens with zero attached hydrogens (tertiary/aromatic N) is 3. The van der Waals surface area contributed by atoms with Gasteiger partial charge in [0, 0.05) is 59.5 Å². The maximum atomic E-state index is 9.18.